The maximum absolute atomic E-state index is 5.33. The van der Waals surface area contributed by atoms with E-state index in [0.29, 0.717) is 12.6 Å². The number of aromatic nitrogens is 2. The van der Waals surface area contributed by atoms with Crippen molar-refractivity contribution in [1.82, 2.24) is 9.97 Å². The van der Waals surface area contributed by atoms with E-state index in [1.807, 2.05) is 12.1 Å². The second-order valence-corrected chi connectivity index (χ2v) is 8.39. The van der Waals surface area contributed by atoms with Crippen LogP contribution in [0.2, 0.25) is 0 Å². The zero-order valence-electron chi connectivity index (χ0n) is 16.9. The van der Waals surface area contributed by atoms with Crippen molar-refractivity contribution in [3.05, 3.63) is 71.9 Å². The molecule has 0 amide bonds. The Balaban J connectivity index is 1.51. The molecule has 5 rings (SSSR count). The predicted molar refractivity (Wildman–Crippen MR) is 124 cm³/mol. The van der Waals surface area contributed by atoms with Crippen LogP contribution in [0.4, 0.5) is 11.5 Å². The average Bonchev–Trinajstić information content (AvgIpc) is 3.42. The first-order valence-electron chi connectivity index (χ1n) is 10.2. The lowest BCUT2D eigenvalue weighted by Gasteiger charge is -2.21. The number of nitrogens with zero attached hydrogens (tertiary/aromatic N) is 3. The van der Waals surface area contributed by atoms with Gasteiger partial charge in [0.1, 0.15) is 17.3 Å². The number of rotatable bonds is 6. The zero-order valence-corrected chi connectivity index (χ0v) is 17.7. The second-order valence-electron chi connectivity index (χ2n) is 7.53. The van der Waals surface area contributed by atoms with Gasteiger partial charge in [0.25, 0.3) is 0 Å². The summed E-state index contributed by atoms with van der Waals surface area (Å²) in [4.78, 5) is 13.1. The topological polar surface area (TPSA) is 50.3 Å². The number of hydrogen-bond acceptors (Lipinski definition) is 6. The van der Waals surface area contributed by atoms with Crippen LogP contribution >= 0.6 is 11.3 Å². The monoisotopic (exact) mass is 416 g/mol. The van der Waals surface area contributed by atoms with Gasteiger partial charge >= 0.3 is 0 Å². The third kappa shape index (κ3) is 3.76. The summed E-state index contributed by atoms with van der Waals surface area (Å²) in [5.41, 5.74) is 3.57. The highest BCUT2D eigenvalue weighted by Crippen LogP contribution is 2.39. The molecule has 2 aromatic carbocycles. The summed E-state index contributed by atoms with van der Waals surface area (Å²) in [7, 11) is 1.69. The number of nitrogens with one attached hydrogen (secondary N) is 1. The fraction of sp³-hybridized carbons (Fsp3) is 0.250. The number of ether oxygens (including phenoxy) is 1. The summed E-state index contributed by atoms with van der Waals surface area (Å²) >= 11 is 1.68. The molecule has 0 bridgehead atoms. The van der Waals surface area contributed by atoms with Gasteiger partial charge in [0.2, 0.25) is 0 Å². The van der Waals surface area contributed by atoms with Gasteiger partial charge in [-0.05, 0) is 24.1 Å². The molecule has 1 N–H and O–H groups in total. The average molecular weight is 417 g/mol. The lowest BCUT2D eigenvalue weighted by molar-refractivity contribution is 0.178. The van der Waals surface area contributed by atoms with E-state index in [4.69, 9.17) is 14.7 Å². The molecule has 0 saturated carbocycles. The van der Waals surface area contributed by atoms with Crippen LogP contribution in [0.25, 0.3) is 21.3 Å². The van der Waals surface area contributed by atoms with Gasteiger partial charge in [-0.2, -0.15) is 0 Å². The fourth-order valence-corrected chi connectivity index (χ4v) is 5.02. The van der Waals surface area contributed by atoms with Gasteiger partial charge in [-0.25, -0.2) is 9.97 Å². The van der Waals surface area contributed by atoms with Crippen LogP contribution < -0.4 is 10.2 Å². The van der Waals surface area contributed by atoms with Gasteiger partial charge < -0.3 is 15.0 Å². The first-order chi connectivity index (χ1) is 14.8. The molecule has 1 aliphatic rings. The van der Waals surface area contributed by atoms with E-state index in [1.54, 1.807) is 18.4 Å². The van der Waals surface area contributed by atoms with Crippen molar-refractivity contribution in [1.29, 1.82) is 0 Å². The Morgan fingerprint density at radius 2 is 1.83 bits per heavy atom. The third-order valence-corrected chi connectivity index (χ3v) is 6.32. The summed E-state index contributed by atoms with van der Waals surface area (Å²) in [6.07, 6.45) is 1.07. The van der Waals surface area contributed by atoms with E-state index in [0.717, 1.165) is 47.1 Å². The second kappa shape index (κ2) is 8.42. The highest BCUT2D eigenvalue weighted by molar-refractivity contribution is 7.17. The molecule has 1 aliphatic heterocycles. The molecule has 30 heavy (non-hydrogen) atoms. The van der Waals surface area contributed by atoms with Crippen molar-refractivity contribution in [3.8, 4) is 11.1 Å². The molecular formula is C24H24N4OS. The third-order valence-electron chi connectivity index (χ3n) is 5.45. The van der Waals surface area contributed by atoms with Crippen LogP contribution in [0.3, 0.4) is 0 Å². The summed E-state index contributed by atoms with van der Waals surface area (Å²) in [6, 6.07) is 21.3. The molecule has 1 fully saturated rings. The van der Waals surface area contributed by atoms with Crippen LogP contribution in [-0.4, -0.2) is 36.2 Å². The highest BCUT2D eigenvalue weighted by Gasteiger charge is 2.27. The number of benzene rings is 2. The number of hydrogen-bond donors (Lipinski definition) is 1. The lowest BCUT2D eigenvalue weighted by atomic mass is 10.1. The van der Waals surface area contributed by atoms with E-state index in [-0.39, 0.29) is 0 Å². The quantitative estimate of drug-likeness (QED) is 0.468. The molecular weight excluding hydrogens is 392 g/mol. The molecule has 1 saturated heterocycles. The molecule has 152 valence electrons. The van der Waals surface area contributed by atoms with Crippen molar-refractivity contribution in [2.75, 3.05) is 30.4 Å². The van der Waals surface area contributed by atoms with Crippen molar-refractivity contribution < 1.29 is 4.74 Å². The van der Waals surface area contributed by atoms with Crippen molar-refractivity contribution >= 4 is 33.1 Å². The Labute approximate surface area is 180 Å². The highest BCUT2D eigenvalue weighted by atomic mass is 32.1. The van der Waals surface area contributed by atoms with Crippen LogP contribution in [-0.2, 0) is 11.3 Å². The molecule has 1 atom stereocenters. The maximum atomic E-state index is 5.33. The smallest absolute Gasteiger partial charge is 0.158 e. The van der Waals surface area contributed by atoms with Gasteiger partial charge in [-0.3, -0.25) is 0 Å². The van der Waals surface area contributed by atoms with Gasteiger partial charge in [0.05, 0.1) is 5.39 Å². The summed E-state index contributed by atoms with van der Waals surface area (Å²) < 4.78 is 5.33. The molecule has 0 aliphatic carbocycles. The predicted octanol–water partition coefficient (Wildman–Crippen LogP) is 5.20. The van der Waals surface area contributed by atoms with E-state index in [9.17, 15) is 0 Å². The zero-order chi connectivity index (χ0) is 20.3. The first-order valence-corrected chi connectivity index (χ1v) is 11.1. The Bertz CT molecular complexity index is 1130. The maximum Gasteiger partial charge on any atom is 0.158 e. The minimum atomic E-state index is 0.391. The molecule has 1 unspecified atom stereocenters. The Morgan fingerprint density at radius 1 is 1.07 bits per heavy atom. The Morgan fingerprint density at radius 3 is 2.60 bits per heavy atom. The van der Waals surface area contributed by atoms with Gasteiger partial charge in [-0.15, -0.1) is 11.3 Å². The van der Waals surface area contributed by atoms with E-state index < -0.39 is 0 Å². The first kappa shape index (κ1) is 19.0. The SMILES string of the molecule is COCc1nc(N2CCC(Nc3ccccc3)C2)c2c(-c3ccccc3)csc2n1. The number of fused-ring (bicyclic) bond motifs is 1. The largest absolute Gasteiger partial charge is 0.380 e. The van der Waals surface area contributed by atoms with Crippen molar-refractivity contribution in [2.45, 2.75) is 19.1 Å². The number of methoxy groups -OCH3 is 1. The molecule has 0 spiro atoms. The summed E-state index contributed by atoms with van der Waals surface area (Å²) in [6.45, 7) is 2.30. The molecule has 4 aromatic rings. The van der Waals surface area contributed by atoms with Crippen LogP contribution in [0, 0.1) is 0 Å². The fourth-order valence-electron chi connectivity index (χ4n) is 4.06. The van der Waals surface area contributed by atoms with Gasteiger partial charge in [0.15, 0.2) is 5.82 Å². The van der Waals surface area contributed by atoms with E-state index in [2.05, 4.69) is 64.1 Å². The molecule has 2 aromatic heterocycles. The van der Waals surface area contributed by atoms with Crippen LogP contribution in [0.1, 0.15) is 12.2 Å². The molecule has 5 nitrogen and oxygen atoms in total. The number of para-hydroxylation sites is 1. The number of anilines is 2. The normalized spacial score (nSPS) is 16.3. The van der Waals surface area contributed by atoms with Crippen LogP contribution in [0.5, 0.6) is 0 Å². The molecule has 0 radical (unpaired) electrons. The minimum absolute atomic E-state index is 0.391. The Kier molecular flexibility index (Phi) is 5.34. The lowest BCUT2D eigenvalue weighted by Crippen LogP contribution is -2.27. The van der Waals surface area contributed by atoms with Crippen molar-refractivity contribution in [2.24, 2.45) is 0 Å². The van der Waals surface area contributed by atoms with Gasteiger partial charge in [-0.1, -0.05) is 48.5 Å². The van der Waals surface area contributed by atoms with E-state index >= 15 is 0 Å². The van der Waals surface area contributed by atoms with Crippen LogP contribution in [0.15, 0.2) is 66.0 Å². The molecule has 6 heteroatoms. The van der Waals surface area contributed by atoms with Crippen molar-refractivity contribution in [3.63, 3.8) is 0 Å². The summed E-state index contributed by atoms with van der Waals surface area (Å²) in [5.74, 6) is 1.76. The molecule has 3 heterocycles. The van der Waals surface area contributed by atoms with Gasteiger partial charge in [0, 0.05) is 42.9 Å². The van der Waals surface area contributed by atoms with E-state index in [1.165, 1.54) is 11.1 Å². The summed E-state index contributed by atoms with van der Waals surface area (Å²) in [5, 5.41) is 7.01. The number of thiophene rings is 1. The standard InChI is InChI=1S/C24H24N4OS/c1-29-15-21-26-23(28-13-12-19(14-28)25-18-10-6-3-7-11-18)22-20(16-30-24(22)27-21)17-8-4-2-5-9-17/h2-11,16,19,25H,12-15H2,1H3. The Hall–Kier alpha value is -2.96. The minimum Gasteiger partial charge on any atom is -0.380 e.